The van der Waals surface area contributed by atoms with E-state index in [0.29, 0.717) is 13.0 Å². The van der Waals surface area contributed by atoms with Crippen molar-refractivity contribution < 1.29 is 9.53 Å². The quantitative estimate of drug-likeness (QED) is 0.781. The molecular weight excluding hydrogens is 350 g/mol. The molecule has 0 aromatic heterocycles. The highest BCUT2D eigenvalue weighted by Crippen LogP contribution is 2.27. The highest BCUT2D eigenvalue weighted by molar-refractivity contribution is 5.94. The van der Waals surface area contributed by atoms with E-state index in [-0.39, 0.29) is 5.91 Å². The molecule has 28 heavy (non-hydrogen) atoms. The SMILES string of the molecule is Cc1ccc(N2CCN(CCCOc3ccc4c(c3)NC(=O)CC4)CC2)cc1. The van der Waals surface area contributed by atoms with Crippen LogP contribution in [0.4, 0.5) is 11.4 Å². The number of aryl methyl sites for hydroxylation is 2. The van der Waals surface area contributed by atoms with Gasteiger partial charge in [0.2, 0.25) is 5.91 Å². The van der Waals surface area contributed by atoms with Crippen LogP contribution in [0, 0.1) is 6.92 Å². The molecule has 2 heterocycles. The Kier molecular flexibility index (Phi) is 5.81. The fourth-order valence-electron chi connectivity index (χ4n) is 3.90. The number of nitrogens with one attached hydrogen (secondary N) is 1. The number of nitrogens with zero attached hydrogens (tertiary/aromatic N) is 2. The first-order chi connectivity index (χ1) is 13.7. The van der Waals surface area contributed by atoms with E-state index in [1.54, 1.807) is 0 Å². The van der Waals surface area contributed by atoms with Crippen LogP contribution < -0.4 is 15.0 Å². The summed E-state index contributed by atoms with van der Waals surface area (Å²) in [7, 11) is 0. The van der Waals surface area contributed by atoms with Crippen molar-refractivity contribution in [3.63, 3.8) is 0 Å². The first kappa shape index (κ1) is 18.8. The maximum absolute atomic E-state index is 11.5. The molecule has 0 saturated carbocycles. The van der Waals surface area contributed by atoms with Gasteiger partial charge in [-0.05, 0) is 43.5 Å². The molecule has 2 aromatic rings. The summed E-state index contributed by atoms with van der Waals surface area (Å²) in [4.78, 5) is 16.5. The predicted octanol–water partition coefficient (Wildman–Crippen LogP) is 3.47. The second kappa shape index (κ2) is 8.65. The van der Waals surface area contributed by atoms with Gasteiger partial charge in [-0.1, -0.05) is 23.8 Å². The minimum atomic E-state index is 0.0921. The Hall–Kier alpha value is -2.53. The molecule has 1 N–H and O–H groups in total. The lowest BCUT2D eigenvalue weighted by atomic mass is 10.0. The number of ether oxygens (including phenoxy) is 1. The molecule has 2 aliphatic heterocycles. The Morgan fingerprint density at radius 2 is 1.79 bits per heavy atom. The number of hydrogen-bond acceptors (Lipinski definition) is 4. The summed E-state index contributed by atoms with van der Waals surface area (Å²) < 4.78 is 5.91. The summed E-state index contributed by atoms with van der Waals surface area (Å²) in [5.41, 5.74) is 4.73. The monoisotopic (exact) mass is 379 g/mol. The van der Waals surface area contributed by atoms with Crippen molar-refractivity contribution in [2.75, 3.05) is 49.5 Å². The lowest BCUT2D eigenvalue weighted by Crippen LogP contribution is -2.46. The Labute approximate surface area is 167 Å². The number of piperazine rings is 1. The molecule has 1 saturated heterocycles. The third-order valence-corrected chi connectivity index (χ3v) is 5.64. The zero-order chi connectivity index (χ0) is 19.3. The molecule has 0 atom stereocenters. The highest BCUT2D eigenvalue weighted by Gasteiger charge is 2.17. The smallest absolute Gasteiger partial charge is 0.224 e. The number of carbonyl (C=O) groups excluding carboxylic acids is 1. The zero-order valence-electron chi connectivity index (χ0n) is 16.6. The Morgan fingerprint density at radius 3 is 2.57 bits per heavy atom. The van der Waals surface area contributed by atoms with Crippen molar-refractivity contribution in [1.82, 2.24) is 4.90 Å². The maximum Gasteiger partial charge on any atom is 0.224 e. The summed E-state index contributed by atoms with van der Waals surface area (Å²) in [5, 5.41) is 2.93. The number of anilines is 2. The third-order valence-electron chi connectivity index (χ3n) is 5.64. The van der Waals surface area contributed by atoms with Crippen LogP contribution in [-0.2, 0) is 11.2 Å². The summed E-state index contributed by atoms with van der Waals surface area (Å²) in [6, 6.07) is 14.8. The summed E-state index contributed by atoms with van der Waals surface area (Å²) in [5.74, 6) is 0.930. The Bertz CT molecular complexity index is 811. The average molecular weight is 380 g/mol. The van der Waals surface area contributed by atoms with Crippen molar-refractivity contribution in [2.45, 2.75) is 26.2 Å². The van der Waals surface area contributed by atoms with Crippen molar-refractivity contribution in [3.05, 3.63) is 53.6 Å². The van der Waals surface area contributed by atoms with Gasteiger partial charge in [0, 0.05) is 56.6 Å². The van der Waals surface area contributed by atoms with Crippen LogP contribution in [0.2, 0.25) is 0 Å². The number of amides is 1. The fraction of sp³-hybridized carbons (Fsp3) is 0.435. The fourth-order valence-corrected chi connectivity index (χ4v) is 3.90. The van der Waals surface area contributed by atoms with E-state index >= 15 is 0 Å². The lowest BCUT2D eigenvalue weighted by Gasteiger charge is -2.36. The number of fused-ring (bicyclic) bond motifs is 1. The molecule has 5 nitrogen and oxygen atoms in total. The molecule has 148 valence electrons. The molecule has 1 amide bonds. The summed E-state index contributed by atoms with van der Waals surface area (Å²) in [6.45, 7) is 8.23. The van der Waals surface area contributed by atoms with Gasteiger partial charge in [-0.25, -0.2) is 0 Å². The number of hydrogen-bond donors (Lipinski definition) is 1. The molecular formula is C23H29N3O2. The minimum Gasteiger partial charge on any atom is -0.493 e. The van der Waals surface area contributed by atoms with Crippen LogP contribution in [0.15, 0.2) is 42.5 Å². The normalized spacial score (nSPS) is 17.2. The molecule has 5 heteroatoms. The van der Waals surface area contributed by atoms with Gasteiger partial charge < -0.3 is 15.0 Å². The third kappa shape index (κ3) is 4.65. The second-order valence-corrected chi connectivity index (χ2v) is 7.73. The average Bonchev–Trinajstić information content (AvgIpc) is 2.72. The van der Waals surface area contributed by atoms with Crippen molar-refractivity contribution in [3.8, 4) is 5.75 Å². The van der Waals surface area contributed by atoms with Gasteiger partial charge in [-0.2, -0.15) is 0 Å². The van der Waals surface area contributed by atoms with Gasteiger partial charge in [0.15, 0.2) is 0 Å². The van der Waals surface area contributed by atoms with E-state index in [0.717, 1.165) is 57.0 Å². The standard InChI is InChI=1S/C23H29N3O2/c1-18-3-7-20(8-4-18)26-14-12-25(13-15-26)11-2-16-28-21-9-5-19-6-10-23(27)24-22(19)17-21/h3-5,7-9,17H,2,6,10-16H2,1H3,(H,24,27). The topological polar surface area (TPSA) is 44.8 Å². The number of carbonyl (C=O) groups is 1. The maximum atomic E-state index is 11.5. The molecule has 1 fully saturated rings. The van der Waals surface area contributed by atoms with Crippen molar-refractivity contribution in [1.29, 1.82) is 0 Å². The summed E-state index contributed by atoms with van der Waals surface area (Å²) in [6.07, 6.45) is 2.40. The molecule has 0 spiro atoms. The zero-order valence-corrected chi connectivity index (χ0v) is 16.6. The number of rotatable bonds is 6. The molecule has 4 rings (SSSR count). The van der Waals surface area contributed by atoms with Crippen LogP contribution in [-0.4, -0.2) is 50.1 Å². The molecule has 0 radical (unpaired) electrons. The van der Waals surface area contributed by atoms with Gasteiger partial charge in [-0.15, -0.1) is 0 Å². The van der Waals surface area contributed by atoms with E-state index in [9.17, 15) is 4.79 Å². The first-order valence-corrected chi connectivity index (χ1v) is 10.3. The Balaban J connectivity index is 1.18. The van der Waals surface area contributed by atoms with Crippen LogP contribution in [0.3, 0.4) is 0 Å². The van der Waals surface area contributed by atoms with Gasteiger partial charge in [-0.3, -0.25) is 9.69 Å². The largest absolute Gasteiger partial charge is 0.493 e. The lowest BCUT2D eigenvalue weighted by molar-refractivity contribution is -0.116. The van der Waals surface area contributed by atoms with E-state index < -0.39 is 0 Å². The number of benzene rings is 2. The molecule has 2 aromatic carbocycles. The van der Waals surface area contributed by atoms with E-state index in [1.165, 1.54) is 16.8 Å². The van der Waals surface area contributed by atoms with Crippen LogP contribution in [0.25, 0.3) is 0 Å². The predicted molar refractivity (Wildman–Crippen MR) is 113 cm³/mol. The van der Waals surface area contributed by atoms with Crippen molar-refractivity contribution >= 4 is 17.3 Å². The van der Waals surface area contributed by atoms with E-state index in [4.69, 9.17) is 4.74 Å². The summed E-state index contributed by atoms with van der Waals surface area (Å²) >= 11 is 0. The second-order valence-electron chi connectivity index (χ2n) is 7.73. The minimum absolute atomic E-state index is 0.0921. The van der Waals surface area contributed by atoms with Crippen LogP contribution >= 0.6 is 0 Å². The molecule has 2 aliphatic rings. The first-order valence-electron chi connectivity index (χ1n) is 10.3. The van der Waals surface area contributed by atoms with E-state index in [2.05, 4.69) is 52.4 Å². The van der Waals surface area contributed by atoms with Crippen molar-refractivity contribution in [2.24, 2.45) is 0 Å². The van der Waals surface area contributed by atoms with Gasteiger partial charge in [0.25, 0.3) is 0 Å². The van der Waals surface area contributed by atoms with Gasteiger partial charge in [0.1, 0.15) is 5.75 Å². The van der Waals surface area contributed by atoms with Crippen LogP contribution in [0.1, 0.15) is 24.0 Å². The van der Waals surface area contributed by atoms with Gasteiger partial charge in [0.05, 0.1) is 6.61 Å². The highest BCUT2D eigenvalue weighted by atomic mass is 16.5. The Morgan fingerprint density at radius 1 is 1.00 bits per heavy atom. The van der Waals surface area contributed by atoms with E-state index in [1.807, 2.05) is 12.1 Å². The molecule has 0 unspecified atom stereocenters. The molecule has 0 bridgehead atoms. The van der Waals surface area contributed by atoms with Gasteiger partial charge >= 0.3 is 0 Å². The van der Waals surface area contributed by atoms with Crippen LogP contribution in [0.5, 0.6) is 5.75 Å². The molecule has 0 aliphatic carbocycles.